The molecule has 1 saturated heterocycles. The van der Waals surface area contributed by atoms with Gasteiger partial charge in [-0.05, 0) is 31.7 Å². The molecule has 4 N–H and O–H groups in total. The molecule has 0 aliphatic carbocycles. The van der Waals surface area contributed by atoms with Gasteiger partial charge in [0.25, 0.3) is 0 Å². The first-order chi connectivity index (χ1) is 7.76. The molecular formula is C10H21N3O3. The molecule has 16 heavy (non-hydrogen) atoms. The highest BCUT2D eigenvalue weighted by atomic mass is 16.7. The monoisotopic (exact) mass is 231 g/mol. The third-order valence-electron chi connectivity index (χ3n) is 2.95. The van der Waals surface area contributed by atoms with E-state index in [2.05, 4.69) is 9.74 Å². The van der Waals surface area contributed by atoms with Gasteiger partial charge in [0, 0.05) is 19.7 Å². The van der Waals surface area contributed by atoms with Crippen molar-refractivity contribution in [2.45, 2.75) is 25.7 Å². The SMILES string of the molecule is NNOC(=O)CCN1CCCC(CCO)C1. The lowest BCUT2D eigenvalue weighted by molar-refractivity contribution is -0.151. The largest absolute Gasteiger partial charge is 0.396 e. The smallest absolute Gasteiger partial charge is 0.327 e. The van der Waals surface area contributed by atoms with Crippen LogP contribution in [0.15, 0.2) is 0 Å². The molecule has 1 rings (SSSR count). The van der Waals surface area contributed by atoms with Gasteiger partial charge in [0.2, 0.25) is 0 Å². The maximum Gasteiger partial charge on any atom is 0.327 e. The topological polar surface area (TPSA) is 87.8 Å². The maximum absolute atomic E-state index is 11.1. The average Bonchev–Trinajstić information content (AvgIpc) is 2.28. The number of aliphatic hydroxyl groups excluding tert-OH is 1. The van der Waals surface area contributed by atoms with Crippen LogP contribution in [0.25, 0.3) is 0 Å². The number of rotatable bonds is 6. The molecule has 1 unspecified atom stereocenters. The number of hydrogen-bond acceptors (Lipinski definition) is 6. The van der Waals surface area contributed by atoms with Gasteiger partial charge in [-0.1, -0.05) is 5.59 Å². The normalized spacial score (nSPS) is 22.0. The van der Waals surface area contributed by atoms with Crippen LogP contribution in [-0.2, 0) is 9.63 Å². The summed E-state index contributed by atoms with van der Waals surface area (Å²) in [6, 6.07) is 0. The lowest BCUT2D eigenvalue weighted by Crippen LogP contribution is -2.37. The van der Waals surface area contributed by atoms with Gasteiger partial charge in [-0.2, -0.15) is 0 Å². The van der Waals surface area contributed by atoms with Gasteiger partial charge in [0.1, 0.15) is 0 Å². The fourth-order valence-corrected chi connectivity index (χ4v) is 2.14. The molecular weight excluding hydrogens is 210 g/mol. The summed E-state index contributed by atoms with van der Waals surface area (Å²) in [6.45, 7) is 2.93. The van der Waals surface area contributed by atoms with E-state index in [4.69, 9.17) is 10.9 Å². The van der Waals surface area contributed by atoms with E-state index >= 15 is 0 Å². The second-order valence-electron chi connectivity index (χ2n) is 4.16. The summed E-state index contributed by atoms with van der Waals surface area (Å²) >= 11 is 0. The Morgan fingerprint density at radius 3 is 3.12 bits per heavy atom. The minimum Gasteiger partial charge on any atom is -0.396 e. The number of hydrogen-bond donors (Lipinski definition) is 3. The lowest BCUT2D eigenvalue weighted by atomic mass is 9.95. The molecule has 0 radical (unpaired) electrons. The Hall–Kier alpha value is -0.690. The van der Waals surface area contributed by atoms with Gasteiger partial charge < -0.3 is 14.8 Å². The van der Waals surface area contributed by atoms with Crippen LogP contribution in [0.1, 0.15) is 25.7 Å². The van der Waals surface area contributed by atoms with Crippen LogP contribution in [0.3, 0.4) is 0 Å². The number of nitrogens with two attached hydrogens (primary N) is 1. The summed E-state index contributed by atoms with van der Waals surface area (Å²) in [4.78, 5) is 17.7. The van der Waals surface area contributed by atoms with E-state index in [1.54, 1.807) is 0 Å². The number of piperidine rings is 1. The van der Waals surface area contributed by atoms with Crippen LogP contribution >= 0.6 is 0 Å². The van der Waals surface area contributed by atoms with Crippen LogP contribution < -0.4 is 11.4 Å². The van der Waals surface area contributed by atoms with E-state index in [-0.39, 0.29) is 12.6 Å². The number of aliphatic hydroxyl groups is 1. The first-order valence-corrected chi connectivity index (χ1v) is 5.74. The molecule has 0 aromatic rings. The second-order valence-corrected chi connectivity index (χ2v) is 4.16. The zero-order valence-electron chi connectivity index (χ0n) is 9.52. The maximum atomic E-state index is 11.1. The van der Waals surface area contributed by atoms with Gasteiger partial charge in [-0.15, -0.1) is 0 Å². The standard InChI is InChI=1S/C10H21N3O3/c11-12-16-10(15)3-6-13-5-1-2-9(8-13)4-7-14/h9,12,14H,1-8,11H2. The van der Waals surface area contributed by atoms with Crippen molar-refractivity contribution in [3.8, 4) is 0 Å². The number of nitrogens with one attached hydrogen (secondary N) is 1. The molecule has 94 valence electrons. The second kappa shape index (κ2) is 7.56. The van der Waals surface area contributed by atoms with Crippen LogP contribution in [0, 0.1) is 5.92 Å². The van der Waals surface area contributed by atoms with Gasteiger partial charge in [0.15, 0.2) is 0 Å². The minimum absolute atomic E-state index is 0.248. The van der Waals surface area contributed by atoms with Gasteiger partial charge in [0.05, 0.1) is 6.42 Å². The highest BCUT2D eigenvalue weighted by molar-refractivity contribution is 5.69. The van der Waals surface area contributed by atoms with Crippen molar-refractivity contribution in [3.05, 3.63) is 0 Å². The molecule has 0 aromatic carbocycles. The molecule has 1 atom stereocenters. The third-order valence-corrected chi connectivity index (χ3v) is 2.95. The van der Waals surface area contributed by atoms with Crippen molar-refractivity contribution in [2.75, 3.05) is 26.2 Å². The fourth-order valence-electron chi connectivity index (χ4n) is 2.14. The van der Waals surface area contributed by atoms with Crippen molar-refractivity contribution >= 4 is 5.97 Å². The predicted molar refractivity (Wildman–Crippen MR) is 58.9 cm³/mol. The molecule has 6 heteroatoms. The van der Waals surface area contributed by atoms with E-state index in [0.29, 0.717) is 18.9 Å². The Labute approximate surface area is 95.7 Å². The first-order valence-electron chi connectivity index (χ1n) is 5.74. The number of carbonyl (C=O) groups is 1. The van der Waals surface area contributed by atoms with Crippen LogP contribution in [0.5, 0.6) is 0 Å². The van der Waals surface area contributed by atoms with E-state index < -0.39 is 0 Å². The van der Waals surface area contributed by atoms with Crippen molar-refractivity contribution in [3.63, 3.8) is 0 Å². The zero-order chi connectivity index (χ0) is 11.8. The molecule has 0 saturated carbocycles. The Bertz CT molecular complexity index is 211. The number of hydrazine groups is 1. The first kappa shape index (κ1) is 13.4. The van der Waals surface area contributed by atoms with Gasteiger partial charge >= 0.3 is 5.97 Å². The summed E-state index contributed by atoms with van der Waals surface area (Å²) in [5.74, 6) is 5.08. The molecule has 0 amide bonds. The third kappa shape index (κ3) is 4.89. The fraction of sp³-hybridized carbons (Fsp3) is 0.900. The van der Waals surface area contributed by atoms with Crippen molar-refractivity contribution < 1.29 is 14.7 Å². The Morgan fingerprint density at radius 1 is 1.62 bits per heavy atom. The molecule has 1 aliphatic rings. The number of carbonyl (C=O) groups excluding carboxylic acids is 1. The molecule has 1 aliphatic heterocycles. The minimum atomic E-state index is -0.341. The molecule has 0 spiro atoms. The van der Waals surface area contributed by atoms with E-state index in [1.807, 2.05) is 5.59 Å². The lowest BCUT2D eigenvalue weighted by Gasteiger charge is -2.32. The summed E-state index contributed by atoms with van der Waals surface area (Å²) in [7, 11) is 0. The number of nitrogens with zero attached hydrogens (tertiary/aromatic N) is 1. The summed E-state index contributed by atoms with van der Waals surface area (Å²) in [6.07, 6.45) is 3.50. The van der Waals surface area contributed by atoms with E-state index in [0.717, 1.165) is 25.9 Å². The zero-order valence-corrected chi connectivity index (χ0v) is 9.52. The van der Waals surface area contributed by atoms with Gasteiger partial charge in [-0.3, -0.25) is 4.79 Å². The van der Waals surface area contributed by atoms with E-state index in [1.165, 1.54) is 6.42 Å². The quantitative estimate of drug-likeness (QED) is 0.417. The Balaban J connectivity index is 2.18. The van der Waals surface area contributed by atoms with Crippen molar-refractivity contribution in [2.24, 2.45) is 11.8 Å². The highest BCUT2D eigenvalue weighted by Gasteiger charge is 2.19. The summed E-state index contributed by atoms with van der Waals surface area (Å²) < 4.78 is 0. The molecule has 1 heterocycles. The van der Waals surface area contributed by atoms with Crippen LogP contribution in [0.2, 0.25) is 0 Å². The molecule has 6 nitrogen and oxygen atoms in total. The summed E-state index contributed by atoms with van der Waals surface area (Å²) in [5, 5.41) is 8.88. The van der Waals surface area contributed by atoms with Crippen molar-refractivity contribution in [1.82, 2.24) is 10.5 Å². The van der Waals surface area contributed by atoms with Crippen molar-refractivity contribution in [1.29, 1.82) is 0 Å². The Kier molecular flexibility index (Phi) is 6.32. The molecule has 0 aromatic heterocycles. The molecule has 1 fully saturated rings. The summed E-state index contributed by atoms with van der Waals surface area (Å²) in [5.41, 5.74) is 1.88. The molecule has 0 bridgehead atoms. The van der Waals surface area contributed by atoms with Gasteiger partial charge in [-0.25, -0.2) is 5.84 Å². The highest BCUT2D eigenvalue weighted by Crippen LogP contribution is 2.19. The van der Waals surface area contributed by atoms with Crippen LogP contribution in [0.4, 0.5) is 0 Å². The predicted octanol–water partition coefficient (Wildman–Crippen LogP) is -0.608. The number of likely N-dealkylation sites (tertiary alicyclic amines) is 1. The Morgan fingerprint density at radius 2 is 2.44 bits per heavy atom. The average molecular weight is 231 g/mol. The van der Waals surface area contributed by atoms with E-state index in [9.17, 15) is 4.79 Å². The van der Waals surface area contributed by atoms with Crippen LogP contribution in [-0.4, -0.2) is 42.2 Å².